The second-order valence-electron chi connectivity index (χ2n) is 8.73. The van der Waals surface area contributed by atoms with Gasteiger partial charge in [0, 0.05) is 24.7 Å². The molecule has 0 saturated carbocycles. The largest absolute Gasteiger partial charge is 0.464 e. The summed E-state index contributed by atoms with van der Waals surface area (Å²) in [4.78, 5) is 24.9. The number of imidazole rings is 1. The van der Waals surface area contributed by atoms with Crippen LogP contribution < -0.4 is 20.5 Å². The van der Waals surface area contributed by atoms with E-state index in [4.69, 9.17) is 26.8 Å². The van der Waals surface area contributed by atoms with E-state index in [2.05, 4.69) is 25.0 Å². The third kappa shape index (κ3) is 7.81. The van der Waals surface area contributed by atoms with Crippen molar-refractivity contribution in [1.82, 2.24) is 29.6 Å². The first-order valence-electron chi connectivity index (χ1n) is 12.6. The predicted octanol–water partition coefficient (Wildman–Crippen LogP) is 3.65. The Balaban J connectivity index is 1.17. The monoisotopic (exact) mass is 587 g/mol. The summed E-state index contributed by atoms with van der Waals surface area (Å²) in [7, 11) is -3.69. The van der Waals surface area contributed by atoms with Crippen LogP contribution in [0, 0.1) is 0 Å². The summed E-state index contributed by atoms with van der Waals surface area (Å²) < 4.78 is 40.1. The smallest absolute Gasteiger partial charge is 0.407 e. The average Bonchev–Trinajstić information content (AvgIpc) is 3.35. The zero-order chi connectivity index (χ0) is 28.5. The van der Waals surface area contributed by atoms with Crippen molar-refractivity contribution >= 4 is 44.7 Å². The fourth-order valence-electron chi connectivity index (χ4n) is 3.73. The summed E-state index contributed by atoms with van der Waals surface area (Å²) in [5, 5.41) is 3.25. The molecular formula is C26H30ClN7O5S. The van der Waals surface area contributed by atoms with Gasteiger partial charge in [0.25, 0.3) is 0 Å². The SMILES string of the molecule is CCOc1nc(N)c2ncn(CCCCOC(=O)NCc3ccc(S(=O)(=O)NCc4ccc(Cl)cc4)cc3)c2n1. The van der Waals surface area contributed by atoms with Crippen molar-refractivity contribution in [3.8, 4) is 6.01 Å². The number of benzene rings is 2. The summed E-state index contributed by atoms with van der Waals surface area (Å²) in [5.41, 5.74) is 8.56. The molecule has 0 aliphatic carbocycles. The number of hydrogen-bond acceptors (Lipinski definition) is 9. The maximum Gasteiger partial charge on any atom is 0.407 e. The number of nitrogens with two attached hydrogens (primary N) is 1. The summed E-state index contributed by atoms with van der Waals surface area (Å²) in [6.45, 7) is 3.44. The van der Waals surface area contributed by atoms with E-state index >= 15 is 0 Å². The van der Waals surface area contributed by atoms with Gasteiger partial charge >= 0.3 is 12.1 Å². The van der Waals surface area contributed by atoms with E-state index in [1.165, 1.54) is 12.1 Å². The summed E-state index contributed by atoms with van der Waals surface area (Å²) in [6, 6.07) is 13.4. The zero-order valence-corrected chi connectivity index (χ0v) is 23.4. The van der Waals surface area contributed by atoms with Gasteiger partial charge in [-0.05, 0) is 55.2 Å². The predicted molar refractivity (Wildman–Crippen MR) is 150 cm³/mol. The number of aromatic nitrogens is 4. The van der Waals surface area contributed by atoms with Crippen LogP contribution in [0.25, 0.3) is 11.2 Å². The molecule has 0 radical (unpaired) electrons. The van der Waals surface area contributed by atoms with Crippen molar-refractivity contribution in [2.75, 3.05) is 18.9 Å². The van der Waals surface area contributed by atoms with E-state index in [0.29, 0.717) is 42.2 Å². The highest BCUT2D eigenvalue weighted by Crippen LogP contribution is 2.20. The van der Waals surface area contributed by atoms with Gasteiger partial charge in [-0.25, -0.2) is 22.9 Å². The Morgan fingerprint density at radius 1 is 1.02 bits per heavy atom. The number of nitrogens with one attached hydrogen (secondary N) is 2. The topological polar surface area (TPSA) is 163 Å². The van der Waals surface area contributed by atoms with Crippen molar-refractivity contribution in [3.05, 3.63) is 71.0 Å². The van der Waals surface area contributed by atoms with Gasteiger partial charge in [0.05, 0.1) is 24.4 Å². The first-order valence-corrected chi connectivity index (χ1v) is 14.5. The molecule has 4 rings (SSSR count). The number of sulfonamides is 1. The second kappa shape index (κ2) is 13.4. The third-order valence-corrected chi connectivity index (χ3v) is 7.49. The molecule has 0 spiro atoms. The van der Waals surface area contributed by atoms with Crippen LogP contribution in [0.5, 0.6) is 6.01 Å². The van der Waals surface area contributed by atoms with Crippen LogP contribution in [0.15, 0.2) is 59.8 Å². The number of aryl methyl sites for hydroxylation is 1. The van der Waals surface area contributed by atoms with Gasteiger partial charge in [-0.2, -0.15) is 9.97 Å². The Morgan fingerprint density at radius 3 is 2.45 bits per heavy atom. The number of amides is 1. The summed E-state index contributed by atoms with van der Waals surface area (Å²) in [6.07, 6.45) is 2.43. The highest BCUT2D eigenvalue weighted by Gasteiger charge is 2.14. The number of halogens is 1. The third-order valence-electron chi connectivity index (χ3n) is 5.82. The Morgan fingerprint density at radius 2 is 1.73 bits per heavy atom. The van der Waals surface area contributed by atoms with Crippen molar-refractivity contribution in [1.29, 1.82) is 0 Å². The first kappa shape index (κ1) is 29.1. The molecule has 2 heterocycles. The summed E-state index contributed by atoms with van der Waals surface area (Å²) in [5.74, 6) is 0.259. The first-order chi connectivity index (χ1) is 19.2. The molecule has 40 heavy (non-hydrogen) atoms. The number of rotatable bonds is 13. The molecule has 0 bridgehead atoms. The fraction of sp³-hybridized carbons (Fsp3) is 0.308. The lowest BCUT2D eigenvalue weighted by Gasteiger charge is -2.10. The zero-order valence-electron chi connectivity index (χ0n) is 21.8. The average molecular weight is 588 g/mol. The quantitative estimate of drug-likeness (QED) is 0.198. The highest BCUT2D eigenvalue weighted by atomic mass is 35.5. The van der Waals surface area contributed by atoms with Crippen molar-refractivity contribution in [3.63, 3.8) is 0 Å². The molecule has 0 aliphatic heterocycles. The lowest BCUT2D eigenvalue weighted by atomic mass is 10.2. The lowest BCUT2D eigenvalue weighted by Crippen LogP contribution is -2.25. The Hall–Kier alpha value is -3.94. The van der Waals surface area contributed by atoms with Crippen LogP contribution in [0.3, 0.4) is 0 Å². The van der Waals surface area contributed by atoms with Crippen molar-refractivity contribution in [2.24, 2.45) is 0 Å². The molecule has 14 heteroatoms. The minimum absolute atomic E-state index is 0.127. The van der Waals surface area contributed by atoms with E-state index in [-0.39, 0.29) is 36.4 Å². The normalized spacial score (nSPS) is 11.4. The molecule has 0 atom stereocenters. The van der Waals surface area contributed by atoms with Gasteiger partial charge in [-0.15, -0.1) is 0 Å². The van der Waals surface area contributed by atoms with Gasteiger partial charge in [0.1, 0.15) is 5.52 Å². The Bertz CT molecular complexity index is 1540. The van der Waals surface area contributed by atoms with Crippen molar-refractivity contribution in [2.45, 2.75) is 44.3 Å². The van der Waals surface area contributed by atoms with Crippen LogP contribution in [-0.2, 0) is 34.4 Å². The van der Waals surface area contributed by atoms with Gasteiger partial charge in [-0.3, -0.25) is 0 Å². The fourth-order valence-corrected chi connectivity index (χ4v) is 4.87. The van der Waals surface area contributed by atoms with Gasteiger partial charge < -0.3 is 25.1 Å². The van der Waals surface area contributed by atoms with Gasteiger partial charge in [0.15, 0.2) is 11.5 Å². The minimum atomic E-state index is -3.69. The van der Waals surface area contributed by atoms with E-state index in [1.807, 2.05) is 11.5 Å². The molecular weight excluding hydrogens is 558 g/mol. The molecule has 212 valence electrons. The Kier molecular flexibility index (Phi) is 9.74. The lowest BCUT2D eigenvalue weighted by molar-refractivity contribution is 0.143. The molecule has 2 aromatic heterocycles. The van der Waals surface area contributed by atoms with E-state index in [9.17, 15) is 13.2 Å². The van der Waals surface area contributed by atoms with Crippen LogP contribution in [-0.4, -0.2) is 47.2 Å². The molecule has 12 nitrogen and oxygen atoms in total. The number of nitrogens with zero attached hydrogens (tertiary/aromatic N) is 4. The number of nitrogen functional groups attached to an aromatic ring is 1. The number of alkyl carbamates (subject to hydrolysis) is 1. The number of unbranched alkanes of at least 4 members (excludes halogenated alkanes) is 1. The van der Waals surface area contributed by atoms with Crippen LogP contribution in [0.2, 0.25) is 5.02 Å². The molecule has 1 amide bonds. The maximum absolute atomic E-state index is 12.6. The van der Waals surface area contributed by atoms with Crippen LogP contribution >= 0.6 is 11.6 Å². The summed E-state index contributed by atoms with van der Waals surface area (Å²) >= 11 is 5.86. The van der Waals surface area contributed by atoms with Gasteiger partial charge in [-0.1, -0.05) is 35.9 Å². The number of hydrogen-bond donors (Lipinski definition) is 3. The van der Waals surface area contributed by atoms with Gasteiger partial charge in [0.2, 0.25) is 10.0 Å². The van der Waals surface area contributed by atoms with E-state index in [0.717, 1.165) is 11.1 Å². The molecule has 2 aromatic carbocycles. The number of carbonyl (C=O) groups is 1. The molecule has 4 aromatic rings. The van der Waals surface area contributed by atoms with E-state index < -0.39 is 16.1 Å². The molecule has 0 aliphatic rings. The Labute approximate surface area is 236 Å². The molecule has 0 unspecified atom stereocenters. The van der Waals surface area contributed by atoms with Crippen LogP contribution in [0.1, 0.15) is 30.9 Å². The standard InChI is InChI=1S/C26H30ClN7O5S/c1-2-38-25-32-23(28)22-24(33-25)34(17-30-22)13-3-4-14-39-26(35)29-15-18-7-11-21(12-8-18)40(36,37)31-16-19-5-9-20(27)10-6-19/h5-12,17,31H,2-4,13-16H2,1H3,(H,29,35)(H2,28,32,33). The van der Waals surface area contributed by atoms with E-state index in [1.54, 1.807) is 42.7 Å². The number of fused-ring (bicyclic) bond motifs is 1. The minimum Gasteiger partial charge on any atom is -0.464 e. The molecule has 4 N–H and O–H groups in total. The number of ether oxygens (including phenoxy) is 2. The van der Waals surface area contributed by atoms with Crippen molar-refractivity contribution < 1.29 is 22.7 Å². The molecule has 0 saturated heterocycles. The number of carbonyl (C=O) groups excluding carboxylic acids is 1. The maximum atomic E-state index is 12.6. The number of anilines is 1. The second-order valence-corrected chi connectivity index (χ2v) is 10.9. The highest BCUT2D eigenvalue weighted by molar-refractivity contribution is 7.89. The molecule has 0 fully saturated rings. The van der Waals surface area contributed by atoms with Crippen LogP contribution in [0.4, 0.5) is 10.6 Å².